The van der Waals surface area contributed by atoms with Crippen molar-refractivity contribution in [3.05, 3.63) is 16.8 Å². The lowest BCUT2D eigenvalue weighted by Gasteiger charge is -1.99. The Hall–Kier alpha value is -0.520. The van der Waals surface area contributed by atoms with Gasteiger partial charge in [-0.15, -0.1) is 12.4 Å². The second-order valence-electron chi connectivity index (χ2n) is 1.74. The molecule has 0 bridgehead atoms. The van der Waals surface area contributed by atoms with Crippen molar-refractivity contribution in [3.63, 3.8) is 0 Å². The predicted molar refractivity (Wildman–Crippen MR) is 49.1 cm³/mol. The first-order valence-corrected chi connectivity index (χ1v) is 3.62. The Balaban J connectivity index is 0.00000121. The molecule has 1 aromatic rings. The number of aliphatic hydroxyl groups excluding tert-OH is 1. The Labute approximate surface area is 83.6 Å². The highest BCUT2D eigenvalue weighted by Gasteiger charge is 2.06. The smallest absolute Gasteiger partial charge is 0.305 e. The molecule has 4 nitrogen and oxygen atoms in total. The normalized spacial score (nSPS) is 8.83. The zero-order valence-corrected chi connectivity index (χ0v) is 8.31. The maximum Gasteiger partial charge on any atom is 0.305 e. The van der Waals surface area contributed by atoms with Crippen LogP contribution >= 0.6 is 28.3 Å². The zero-order chi connectivity index (χ0) is 8.27. The molecule has 0 aliphatic rings. The summed E-state index contributed by atoms with van der Waals surface area (Å²) in [5.41, 5.74) is 0. The van der Waals surface area contributed by atoms with Gasteiger partial charge in [0.25, 0.3) is 0 Å². The lowest BCUT2D eigenvalue weighted by atomic mass is 10.6. The van der Waals surface area contributed by atoms with Gasteiger partial charge in [-0.25, -0.2) is 0 Å². The summed E-state index contributed by atoms with van der Waals surface area (Å²) in [5, 5.41) is 15.4. The fourth-order valence-corrected chi connectivity index (χ4v) is 0.779. The number of halogens is 2. The third kappa shape index (κ3) is 2.84. The van der Waals surface area contributed by atoms with E-state index in [1.165, 1.54) is 6.26 Å². The molecular weight excluding hydrogens is 249 g/mol. The van der Waals surface area contributed by atoms with E-state index >= 15 is 0 Å². The van der Waals surface area contributed by atoms with Crippen molar-refractivity contribution in [2.75, 3.05) is 6.61 Å². The van der Waals surface area contributed by atoms with Crippen LogP contribution in [0.1, 0.15) is 0 Å². The van der Waals surface area contributed by atoms with Gasteiger partial charge in [-0.2, -0.15) is 0 Å². The summed E-state index contributed by atoms with van der Waals surface area (Å²) < 4.78 is 10.2. The van der Waals surface area contributed by atoms with Gasteiger partial charge in [-0.3, -0.25) is 5.41 Å². The average Bonchev–Trinajstić information content (AvgIpc) is 2.37. The van der Waals surface area contributed by atoms with Gasteiger partial charge >= 0.3 is 5.95 Å². The summed E-state index contributed by atoms with van der Waals surface area (Å²) in [4.78, 5) is 0. The van der Waals surface area contributed by atoms with Crippen LogP contribution in [0.2, 0.25) is 0 Å². The topological polar surface area (TPSA) is 66.5 Å². The molecule has 0 radical (unpaired) electrons. The lowest BCUT2D eigenvalue weighted by molar-refractivity contribution is 0.303. The van der Waals surface area contributed by atoms with Crippen LogP contribution < -0.4 is 4.74 Å². The van der Waals surface area contributed by atoms with Crippen molar-refractivity contribution in [1.29, 1.82) is 5.41 Å². The van der Waals surface area contributed by atoms with E-state index in [4.69, 9.17) is 19.7 Å². The molecule has 1 rings (SSSR count). The molecule has 0 saturated heterocycles. The fraction of sp³-hybridized carbons (Fsp3) is 0.167. The molecule has 1 heterocycles. The van der Waals surface area contributed by atoms with Gasteiger partial charge < -0.3 is 14.3 Å². The average molecular weight is 256 g/mol. The summed E-state index contributed by atoms with van der Waals surface area (Å²) >= 11 is 3.13. The van der Waals surface area contributed by atoms with Crippen molar-refractivity contribution in [3.8, 4) is 5.95 Å². The van der Waals surface area contributed by atoms with E-state index < -0.39 is 6.61 Å². The first-order chi connectivity index (χ1) is 5.24. The van der Waals surface area contributed by atoms with E-state index in [1.54, 1.807) is 6.07 Å². The lowest BCUT2D eigenvalue weighted by Crippen LogP contribution is -2.10. The van der Waals surface area contributed by atoms with Gasteiger partial charge in [-0.05, 0) is 22.0 Å². The minimum Gasteiger partial charge on any atom is -0.433 e. The van der Waals surface area contributed by atoms with E-state index in [0.717, 1.165) is 0 Å². The zero-order valence-electron chi connectivity index (χ0n) is 5.91. The molecule has 0 aromatic carbocycles. The SMILES string of the molecule is Cl.N=C(CO)Oc1occc1Br. The second-order valence-corrected chi connectivity index (χ2v) is 2.59. The molecule has 0 spiro atoms. The van der Waals surface area contributed by atoms with Gasteiger partial charge in [-0.1, -0.05) is 0 Å². The first kappa shape index (κ1) is 11.5. The van der Waals surface area contributed by atoms with Crippen LogP contribution in [0, 0.1) is 5.41 Å². The van der Waals surface area contributed by atoms with Crippen molar-refractivity contribution in [2.24, 2.45) is 0 Å². The van der Waals surface area contributed by atoms with Crippen molar-refractivity contribution < 1.29 is 14.3 Å². The highest BCUT2D eigenvalue weighted by Crippen LogP contribution is 2.25. The van der Waals surface area contributed by atoms with Crippen LogP contribution in [0.15, 0.2) is 21.2 Å². The number of rotatable bonds is 2. The van der Waals surface area contributed by atoms with Crippen LogP contribution in [0.5, 0.6) is 5.95 Å². The molecular formula is C6H7BrClNO3. The molecule has 0 aliphatic heterocycles. The van der Waals surface area contributed by atoms with Crippen molar-refractivity contribution in [1.82, 2.24) is 0 Å². The van der Waals surface area contributed by atoms with Crippen molar-refractivity contribution >= 4 is 34.2 Å². The minimum atomic E-state index is -0.437. The van der Waals surface area contributed by atoms with E-state index in [-0.39, 0.29) is 24.3 Å². The molecule has 1 aromatic heterocycles. The Morgan fingerprint density at radius 3 is 2.83 bits per heavy atom. The van der Waals surface area contributed by atoms with Gasteiger partial charge in [0.05, 0.1) is 6.26 Å². The number of nitrogens with one attached hydrogen (secondary N) is 1. The van der Waals surface area contributed by atoms with E-state index in [2.05, 4.69) is 15.9 Å². The quantitative estimate of drug-likeness (QED) is 0.626. The third-order valence-electron chi connectivity index (χ3n) is 0.944. The Kier molecular flexibility index (Phi) is 4.96. The summed E-state index contributed by atoms with van der Waals surface area (Å²) in [6.07, 6.45) is 1.42. The first-order valence-electron chi connectivity index (χ1n) is 2.83. The highest BCUT2D eigenvalue weighted by molar-refractivity contribution is 9.10. The molecule has 0 fully saturated rings. The predicted octanol–water partition coefficient (Wildman–Crippen LogP) is 1.81. The second kappa shape index (κ2) is 5.18. The van der Waals surface area contributed by atoms with Gasteiger partial charge in [0.1, 0.15) is 11.1 Å². The number of aliphatic hydroxyl groups is 1. The largest absolute Gasteiger partial charge is 0.433 e. The summed E-state index contributed by atoms with van der Waals surface area (Å²) in [6.45, 7) is -0.437. The van der Waals surface area contributed by atoms with Crippen LogP contribution in [-0.4, -0.2) is 17.6 Å². The molecule has 0 saturated carbocycles. The van der Waals surface area contributed by atoms with E-state index in [0.29, 0.717) is 4.47 Å². The van der Waals surface area contributed by atoms with Gasteiger partial charge in [0.15, 0.2) is 0 Å². The van der Waals surface area contributed by atoms with Crippen molar-refractivity contribution in [2.45, 2.75) is 0 Å². The van der Waals surface area contributed by atoms with Gasteiger partial charge in [0.2, 0.25) is 5.90 Å². The summed E-state index contributed by atoms with van der Waals surface area (Å²) in [5.74, 6) is -0.0651. The Bertz CT molecular complexity index is 263. The number of ether oxygens (including phenoxy) is 1. The number of hydrogen-bond acceptors (Lipinski definition) is 4. The van der Waals surface area contributed by atoms with Crippen LogP contribution in [-0.2, 0) is 0 Å². The van der Waals surface area contributed by atoms with Crippen LogP contribution in [0.25, 0.3) is 0 Å². The summed E-state index contributed by atoms with van der Waals surface area (Å²) in [6, 6.07) is 1.64. The molecule has 0 amide bonds. The fourth-order valence-electron chi connectivity index (χ4n) is 0.497. The monoisotopic (exact) mass is 255 g/mol. The maximum atomic E-state index is 8.42. The van der Waals surface area contributed by atoms with E-state index in [1.807, 2.05) is 0 Å². The summed E-state index contributed by atoms with van der Waals surface area (Å²) in [7, 11) is 0. The Morgan fingerprint density at radius 1 is 1.75 bits per heavy atom. The standard InChI is InChI=1S/C6H6BrNO3.ClH/c7-4-1-2-10-6(4)11-5(8)3-9;/h1-2,8-9H,3H2;1H. The number of hydrogen-bond donors (Lipinski definition) is 2. The number of furan rings is 1. The van der Waals surface area contributed by atoms with Crippen LogP contribution in [0.4, 0.5) is 0 Å². The molecule has 12 heavy (non-hydrogen) atoms. The van der Waals surface area contributed by atoms with Crippen LogP contribution in [0.3, 0.4) is 0 Å². The third-order valence-corrected chi connectivity index (χ3v) is 1.53. The molecule has 0 atom stereocenters. The molecule has 0 aliphatic carbocycles. The molecule has 6 heteroatoms. The molecule has 0 unspecified atom stereocenters. The highest BCUT2D eigenvalue weighted by atomic mass is 79.9. The molecule has 2 N–H and O–H groups in total. The maximum absolute atomic E-state index is 8.42. The Morgan fingerprint density at radius 2 is 2.42 bits per heavy atom. The minimum absolute atomic E-state index is 0. The molecule has 68 valence electrons. The van der Waals surface area contributed by atoms with E-state index in [9.17, 15) is 0 Å². The van der Waals surface area contributed by atoms with Gasteiger partial charge in [0, 0.05) is 0 Å².